The molecule has 1 heterocycles. The van der Waals surface area contributed by atoms with E-state index >= 15 is 0 Å². The summed E-state index contributed by atoms with van der Waals surface area (Å²) in [4.78, 5) is 18.7. The molecule has 3 aromatic rings. The molecule has 1 aliphatic rings. The smallest absolute Gasteiger partial charge is 0.261 e. The van der Waals surface area contributed by atoms with Gasteiger partial charge in [-0.05, 0) is 68.8 Å². The zero-order valence-corrected chi connectivity index (χ0v) is 19.9. The molecular weight excluding hydrogens is 418 g/mol. The van der Waals surface area contributed by atoms with Gasteiger partial charge in [0.25, 0.3) is 5.56 Å². The zero-order chi connectivity index (χ0) is 23.5. The second-order valence-corrected chi connectivity index (χ2v) is 8.92. The van der Waals surface area contributed by atoms with E-state index in [4.69, 9.17) is 24.9 Å². The van der Waals surface area contributed by atoms with Crippen molar-refractivity contribution in [1.29, 1.82) is 0 Å². The van der Waals surface area contributed by atoms with Gasteiger partial charge in [0, 0.05) is 12.1 Å². The van der Waals surface area contributed by atoms with Crippen LogP contribution in [0.15, 0.2) is 35.1 Å². The summed E-state index contributed by atoms with van der Waals surface area (Å²) in [5, 5.41) is 0.636. The van der Waals surface area contributed by atoms with Gasteiger partial charge in [0.2, 0.25) is 5.75 Å². The van der Waals surface area contributed by atoms with Gasteiger partial charge in [-0.15, -0.1) is 0 Å². The number of ether oxygens (including phenoxy) is 3. The highest BCUT2D eigenvalue weighted by Gasteiger charge is 2.25. The minimum atomic E-state index is -0.0256. The maximum absolute atomic E-state index is 13.7. The molecule has 1 saturated carbocycles. The summed E-state index contributed by atoms with van der Waals surface area (Å²) in [5.41, 5.74) is 8.40. The minimum absolute atomic E-state index is 0.0256. The highest BCUT2D eigenvalue weighted by Crippen LogP contribution is 2.41. The predicted molar refractivity (Wildman–Crippen MR) is 130 cm³/mol. The zero-order valence-electron chi connectivity index (χ0n) is 19.9. The molecule has 2 aromatic carbocycles. The number of aromatic nitrogens is 2. The SMILES string of the molecule is COc1cc(-c2nc3ccc(C)cc3c(=O)n2CC2CCCC(CN)C2)cc(OC)c1OC. The maximum atomic E-state index is 13.7. The molecule has 7 nitrogen and oxygen atoms in total. The van der Waals surface area contributed by atoms with E-state index in [1.165, 1.54) is 0 Å². The molecule has 1 fully saturated rings. The van der Waals surface area contributed by atoms with E-state index in [2.05, 4.69) is 0 Å². The molecule has 2 N–H and O–H groups in total. The standard InChI is InChI=1S/C26H33N3O4/c1-16-8-9-21-20(10-16)26(30)29(15-18-7-5-6-17(11-18)14-27)25(28-21)19-12-22(31-2)24(33-4)23(13-19)32-3/h8-10,12-13,17-18H,5-7,11,14-15,27H2,1-4H3. The van der Waals surface area contributed by atoms with E-state index in [0.29, 0.717) is 58.9 Å². The van der Waals surface area contributed by atoms with E-state index in [1.54, 1.807) is 21.3 Å². The van der Waals surface area contributed by atoms with Crippen LogP contribution in [-0.2, 0) is 6.54 Å². The fourth-order valence-corrected chi connectivity index (χ4v) is 4.98. The van der Waals surface area contributed by atoms with Crippen LogP contribution in [0, 0.1) is 18.8 Å². The second kappa shape index (κ2) is 9.83. The third-order valence-electron chi connectivity index (χ3n) is 6.70. The van der Waals surface area contributed by atoms with Crippen molar-refractivity contribution < 1.29 is 14.2 Å². The Morgan fingerprint density at radius 2 is 1.73 bits per heavy atom. The number of methoxy groups -OCH3 is 3. The van der Waals surface area contributed by atoms with Crippen LogP contribution >= 0.6 is 0 Å². The number of rotatable bonds is 7. The van der Waals surface area contributed by atoms with Crippen molar-refractivity contribution in [2.45, 2.75) is 39.2 Å². The van der Waals surface area contributed by atoms with Gasteiger partial charge in [-0.2, -0.15) is 0 Å². The first-order valence-corrected chi connectivity index (χ1v) is 11.5. The van der Waals surface area contributed by atoms with E-state index in [1.807, 2.05) is 41.8 Å². The Morgan fingerprint density at radius 3 is 2.36 bits per heavy atom. The lowest BCUT2D eigenvalue weighted by Crippen LogP contribution is -2.30. The van der Waals surface area contributed by atoms with Gasteiger partial charge in [0.15, 0.2) is 11.5 Å². The molecule has 0 spiro atoms. The Labute approximate surface area is 194 Å². The van der Waals surface area contributed by atoms with Gasteiger partial charge in [0.1, 0.15) is 5.82 Å². The molecule has 0 bridgehead atoms. The summed E-state index contributed by atoms with van der Waals surface area (Å²) in [6, 6.07) is 9.50. The average molecular weight is 452 g/mol. The lowest BCUT2D eigenvalue weighted by Gasteiger charge is -2.29. The Bertz CT molecular complexity index is 1180. The summed E-state index contributed by atoms with van der Waals surface area (Å²) in [6.07, 6.45) is 4.42. The number of hydrogen-bond acceptors (Lipinski definition) is 6. The van der Waals surface area contributed by atoms with Crippen LogP contribution in [0.3, 0.4) is 0 Å². The van der Waals surface area contributed by atoms with Crippen LogP contribution in [0.2, 0.25) is 0 Å². The molecular formula is C26H33N3O4. The number of aryl methyl sites for hydroxylation is 1. The molecule has 4 rings (SSSR count). The van der Waals surface area contributed by atoms with Gasteiger partial charge < -0.3 is 19.9 Å². The van der Waals surface area contributed by atoms with Crippen molar-refractivity contribution in [2.24, 2.45) is 17.6 Å². The predicted octanol–water partition coefficient (Wildman–Crippen LogP) is 4.16. The van der Waals surface area contributed by atoms with Crippen molar-refractivity contribution in [3.63, 3.8) is 0 Å². The monoisotopic (exact) mass is 451 g/mol. The van der Waals surface area contributed by atoms with Crippen molar-refractivity contribution in [3.05, 3.63) is 46.2 Å². The van der Waals surface area contributed by atoms with Gasteiger partial charge >= 0.3 is 0 Å². The molecule has 176 valence electrons. The van der Waals surface area contributed by atoms with E-state index < -0.39 is 0 Å². The maximum Gasteiger partial charge on any atom is 0.261 e. The highest BCUT2D eigenvalue weighted by molar-refractivity contribution is 5.81. The average Bonchev–Trinajstić information content (AvgIpc) is 2.85. The van der Waals surface area contributed by atoms with Crippen molar-refractivity contribution in [1.82, 2.24) is 9.55 Å². The third-order valence-corrected chi connectivity index (χ3v) is 6.70. The summed E-state index contributed by atoms with van der Waals surface area (Å²) >= 11 is 0. The molecule has 0 radical (unpaired) electrons. The van der Waals surface area contributed by atoms with Gasteiger partial charge in [-0.1, -0.05) is 18.1 Å². The first-order chi connectivity index (χ1) is 16.0. The Hall–Kier alpha value is -3.06. The summed E-state index contributed by atoms with van der Waals surface area (Å²) in [7, 11) is 4.74. The number of benzene rings is 2. The van der Waals surface area contributed by atoms with Gasteiger partial charge in [0.05, 0.1) is 32.2 Å². The Morgan fingerprint density at radius 1 is 1.03 bits per heavy atom. The molecule has 33 heavy (non-hydrogen) atoms. The highest BCUT2D eigenvalue weighted by atomic mass is 16.5. The number of nitrogens with two attached hydrogens (primary N) is 1. The van der Waals surface area contributed by atoms with Crippen LogP contribution in [0.5, 0.6) is 17.2 Å². The molecule has 0 amide bonds. The Kier molecular flexibility index (Phi) is 6.88. The summed E-state index contributed by atoms with van der Waals surface area (Å²) in [6.45, 7) is 3.29. The lowest BCUT2D eigenvalue weighted by molar-refractivity contribution is 0.246. The van der Waals surface area contributed by atoms with Crippen LogP contribution in [0.1, 0.15) is 31.2 Å². The van der Waals surface area contributed by atoms with Crippen LogP contribution in [-0.4, -0.2) is 37.4 Å². The molecule has 0 saturated heterocycles. The fraction of sp³-hybridized carbons (Fsp3) is 0.462. The van der Waals surface area contributed by atoms with Crippen molar-refractivity contribution in [3.8, 4) is 28.6 Å². The fourth-order valence-electron chi connectivity index (χ4n) is 4.98. The van der Waals surface area contributed by atoms with Crippen molar-refractivity contribution in [2.75, 3.05) is 27.9 Å². The van der Waals surface area contributed by atoms with E-state index in [-0.39, 0.29) is 5.56 Å². The Balaban J connectivity index is 1.91. The lowest BCUT2D eigenvalue weighted by atomic mass is 9.81. The summed E-state index contributed by atoms with van der Waals surface area (Å²) < 4.78 is 18.4. The molecule has 2 atom stereocenters. The quantitative estimate of drug-likeness (QED) is 0.580. The third kappa shape index (κ3) is 4.55. The molecule has 2 unspecified atom stereocenters. The molecule has 1 aromatic heterocycles. The molecule has 0 aliphatic heterocycles. The van der Waals surface area contributed by atoms with Crippen molar-refractivity contribution >= 4 is 10.9 Å². The van der Waals surface area contributed by atoms with E-state index in [9.17, 15) is 4.79 Å². The molecule has 7 heteroatoms. The van der Waals surface area contributed by atoms with Gasteiger partial charge in [-0.25, -0.2) is 4.98 Å². The first kappa shape index (κ1) is 23.1. The number of nitrogens with zero attached hydrogens (tertiary/aromatic N) is 2. The normalized spacial score (nSPS) is 18.3. The number of fused-ring (bicyclic) bond motifs is 1. The second-order valence-electron chi connectivity index (χ2n) is 8.92. The topological polar surface area (TPSA) is 88.6 Å². The number of hydrogen-bond donors (Lipinski definition) is 1. The largest absolute Gasteiger partial charge is 0.493 e. The van der Waals surface area contributed by atoms with Gasteiger partial charge in [-0.3, -0.25) is 9.36 Å². The van der Waals surface area contributed by atoms with Crippen LogP contribution in [0.4, 0.5) is 0 Å². The van der Waals surface area contributed by atoms with E-state index in [0.717, 1.165) is 36.8 Å². The minimum Gasteiger partial charge on any atom is -0.493 e. The molecule has 1 aliphatic carbocycles. The van der Waals surface area contributed by atoms with Crippen LogP contribution in [0.25, 0.3) is 22.3 Å². The summed E-state index contributed by atoms with van der Waals surface area (Å²) in [5.74, 6) is 3.06. The van der Waals surface area contributed by atoms with Crippen LogP contribution < -0.4 is 25.5 Å². The first-order valence-electron chi connectivity index (χ1n) is 11.5.